The van der Waals surface area contributed by atoms with Gasteiger partial charge in [-0.1, -0.05) is 5.16 Å². The Morgan fingerprint density at radius 1 is 1.38 bits per heavy atom. The first kappa shape index (κ1) is 16.9. The van der Waals surface area contributed by atoms with Crippen LogP contribution in [0.4, 0.5) is 10.2 Å². The summed E-state index contributed by atoms with van der Waals surface area (Å²) in [5, 5.41) is 17.9. The van der Waals surface area contributed by atoms with Gasteiger partial charge < -0.3 is 10.6 Å². The smallest absolute Gasteiger partial charge is 0.365 e. The monoisotopic (exact) mass is 424 g/mol. The Morgan fingerprint density at radius 2 is 2.27 bits per heavy atom. The molecule has 0 bridgehead atoms. The quantitative estimate of drug-likeness (QED) is 0.637. The number of hydrogen-bond acceptors (Lipinski definition) is 8. The number of benzene rings is 1. The molecule has 0 radical (unpaired) electrons. The van der Waals surface area contributed by atoms with Crippen LogP contribution in [-0.2, 0) is 0 Å². The van der Waals surface area contributed by atoms with E-state index >= 15 is 0 Å². The Hall–Kier alpha value is -2.53. The molecule has 0 spiro atoms. The summed E-state index contributed by atoms with van der Waals surface area (Å²) < 4.78 is 24.5. The first-order chi connectivity index (χ1) is 12.6. The lowest BCUT2D eigenvalue weighted by Crippen LogP contribution is -2.18. The fraction of sp³-hybridized carbons (Fsp3) is 0.333. The Labute approximate surface area is 154 Å². The van der Waals surface area contributed by atoms with Gasteiger partial charge in [-0.3, -0.25) is 4.52 Å². The fourth-order valence-electron chi connectivity index (χ4n) is 2.83. The molecule has 1 fully saturated rings. The molecule has 9 nitrogen and oxygen atoms in total. The van der Waals surface area contributed by atoms with E-state index in [2.05, 4.69) is 42.0 Å². The van der Waals surface area contributed by atoms with Crippen LogP contribution in [0.5, 0.6) is 0 Å². The maximum absolute atomic E-state index is 13.5. The van der Waals surface area contributed by atoms with Gasteiger partial charge in [-0.25, -0.2) is 18.4 Å². The van der Waals surface area contributed by atoms with Crippen molar-refractivity contribution in [3.05, 3.63) is 39.0 Å². The van der Waals surface area contributed by atoms with Crippen LogP contribution in [0.1, 0.15) is 6.42 Å². The lowest BCUT2D eigenvalue weighted by molar-refractivity contribution is 0.309. The normalized spacial score (nSPS) is 16.9. The first-order valence-electron chi connectivity index (χ1n) is 7.95. The van der Waals surface area contributed by atoms with Crippen LogP contribution in [0.3, 0.4) is 0 Å². The molecule has 0 saturated carbocycles. The second-order valence-corrected chi connectivity index (χ2v) is 6.76. The predicted molar refractivity (Wildman–Crippen MR) is 92.5 cm³/mol. The van der Waals surface area contributed by atoms with E-state index in [1.165, 1.54) is 22.8 Å². The molecule has 11 heteroatoms. The summed E-state index contributed by atoms with van der Waals surface area (Å²) in [5.41, 5.74) is 0.607. The number of hydrogen-bond donors (Lipinski definition) is 2. The maximum Gasteiger partial charge on any atom is 0.446 e. The summed E-state index contributed by atoms with van der Waals surface area (Å²) in [6.45, 7) is 2.59. The van der Waals surface area contributed by atoms with Crippen LogP contribution in [0.15, 0.2) is 36.6 Å². The molecule has 3 aromatic rings. The van der Waals surface area contributed by atoms with Crippen LogP contribution in [-0.4, -0.2) is 39.7 Å². The molecule has 3 heterocycles. The van der Waals surface area contributed by atoms with Gasteiger partial charge in [0, 0.05) is 6.54 Å². The zero-order valence-corrected chi connectivity index (χ0v) is 15.0. The Morgan fingerprint density at radius 3 is 3.04 bits per heavy atom. The van der Waals surface area contributed by atoms with Crippen molar-refractivity contribution in [2.75, 3.05) is 25.0 Å². The minimum Gasteiger partial charge on any atom is -0.365 e. The first-order valence-corrected chi connectivity index (χ1v) is 8.74. The van der Waals surface area contributed by atoms with Gasteiger partial charge in [-0.2, -0.15) is 0 Å². The van der Waals surface area contributed by atoms with Crippen molar-refractivity contribution >= 4 is 21.7 Å². The molecule has 2 N–H and O–H groups in total. The van der Waals surface area contributed by atoms with Crippen molar-refractivity contribution in [3.8, 4) is 17.2 Å². The standard InChI is InChI=1S/C15H14BrFN6O3/c16-10-5-9(1-2-11(10)17)23-14(22-25-15(23)24)12-13(21-26-20-12)19-7-8-3-4-18-6-8/h1-2,5,8,18H,3-4,6-7H2,(H,19,21). The molecule has 1 unspecified atom stereocenters. The van der Waals surface area contributed by atoms with Gasteiger partial charge in [0.25, 0.3) is 0 Å². The van der Waals surface area contributed by atoms with E-state index in [4.69, 9.17) is 9.15 Å². The second kappa shape index (κ2) is 7.00. The largest absolute Gasteiger partial charge is 0.446 e. The number of anilines is 1. The van der Waals surface area contributed by atoms with E-state index in [0.717, 1.165) is 19.5 Å². The fourth-order valence-corrected chi connectivity index (χ4v) is 3.20. The molecule has 136 valence electrons. The third-order valence-electron chi connectivity index (χ3n) is 4.19. The van der Waals surface area contributed by atoms with Crippen molar-refractivity contribution < 1.29 is 13.5 Å². The van der Waals surface area contributed by atoms with E-state index in [-0.39, 0.29) is 16.0 Å². The summed E-state index contributed by atoms with van der Waals surface area (Å²) >= 11 is 3.10. The van der Waals surface area contributed by atoms with Gasteiger partial charge in [0.1, 0.15) is 5.82 Å². The van der Waals surface area contributed by atoms with Crippen molar-refractivity contribution in [3.63, 3.8) is 0 Å². The zero-order valence-electron chi connectivity index (χ0n) is 13.4. The highest BCUT2D eigenvalue weighted by molar-refractivity contribution is 9.10. The molecular formula is C15H14BrFN6O3. The molecule has 1 aromatic carbocycles. The molecule has 4 rings (SSSR count). The SMILES string of the molecule is O=c1onc(-c2nonc2NCC2CCNC2)n1-c1ccc(F)c(Br)c1. The summed E-state index contributed by atoms with van der Waals surface area (Å²) in [4.78, 5) is 12.1. The number of nitrogens with zero attached hydrogens (tertiary/aromatic N) is 4. The molecule has 1 aliphatic heterocycles. The van der Waals surface area contributed by atoms with Gasteiger partial charge in [0.05, 0.1) is 10.2 Å². The van der Waals surface area contributed by atoms with E-state index in [9.17, 15) is 9.18 Å². The van der Waals surface area contributed by atoms with Crippen molar-refractivity contribution in [1.29, 1.82) is 0 Å². The Bertz CT molecular complexity index is 978. The van der Waals surface area contributed by atoms with E-state index in [1.807, 2.05) is 0 Å². The summed E-state index contributed by atoms with van der Waals surface area (Å²) in [6, 6.07) is 4.12. The number of halogens is 2. The van der Waals surface area contributed by atoms with Gasteiger partial charge >= 0.3 is 5.76 Å². The highest BCUT2D eigenvalue weighted by atomic mass is 79.9. The second-order valence-electron chi connectivity index (χ2n) is 5.91. The van der Waals surface area contributed by atoms with Crippen LogP contribution in [0.25, 0.3) is 17.2 Å². The molecule has 26 heavy (non-hydrogen) atoms. The minimum atomic E-state index is -0.729. The molecule has 1 aliphatic rings. The molecule has 2 aromatic heterocycles. The van der Waals surface area contributed by atoms with E-state index in [0.29, 0.717) is 24.0 Å². The van der Waals surface area contributed by atoms with Gasteiger partial charge in [0.15, 0.2) is 5.69 Å². The van der Waals surface area contributed by atoms with E-state index < -0.39 is 11.6 Å². The lowest BCUT2D eigenvalue weighted by atomic mass is 10.1. The van der Waals surface area contributed by atoms with Crippen molar-refractivity contribution in [2.24, 2.45) is 5.92 Å². The molecule has 0 amide bonds. The van der Waals surface area contributed by atoms with E-state index in [1.54, 1.807) is 0 Å². The predicted octanol–water partition coefficient (Wildman–Crippen LogP) is 1.80. The molecule has 0 aliphatic carbocycles. The number of nitrogens with one attached hydrogen (secondary N) is 2. The highest BCUT2D eigenvalue weighted by Crippen LogP contribution is 2.26. The maximum atomic E-state index is 13.5. The third kappa shape index (κ3) is 3.15. The summed E-state index contributed by atoms with van der Waals surface area (Å²) in [6.07, 6.45) is 1.06. The van der Waals surface area contributed by atoms with Crippen molar-refractivity contribution in [1.82, 2.24) is 25.4 Å². The lowest BCUT2D eigenvalue weighted by Gasteiger charge is -2.09. The van der Waals surface area contributed by atoms with Gasteiger partial charge in [0.2, 0.25) is 11.6 Å². The number of aromatic nitrogens is 4. The highest BCUT2D eigenvalue weighted by Gasteiger charge is 2.24. The van der Waals surface area contributed by atoms with Crippen LogP contribution in [0.2, 0.25) is 0 Å². The average Bonchev–Trinajstić information content (AvgIpc) is 3.36. The Balaban J connectivity index is 1.68. The van der Waals surface area contributed by atoms with Crippen LogP contribution in [0, 0.1) is 11.7 Å². The van der Waals surface area contributed by atoms with Crippen LogP contribution < -0.4 is 16.4 Å². The average molecular weight is 425 g/mol. The molecule has 1 saturated heterocycles. The van der Waals surface area contributed by atoms with Gasteiger partial charge in [-0.15, -0.1) is 0 Å². The summed E-state index contributed by atoms with van der Waals surface area (Å²) in [7, 11) is 0. The zero-order chi connectivity index (χ0) is 18.1. The Kier molecular flexibility index (Phi) is 4.55. The third-order valence-corrected chi connectivity index (χ3v) is 4.79. The minimum absolute atomic E-state index is 0.113. The number of rotatable bonds is 5. The van der Waals surface area contributed by atoms with Crippen LogP contribution >= 0.6 is 15.9 Å². The van der Waals surface area contributed by atoms with Gasteiger partial charge in [-0.05, 0) is 69.9 Å². The molecule has 1 atom stereocenters. The molecular weight excluding hydrogens is 411 g/mol. The summed E-state index contributed by atoms with van der Waals surface area (Å²) in [5.74, 6) is -0.239. The topological polar surface area (TPSA) is 111 Å². The van der Waals surface area contributed by atoms with Crippen molar-refractivity contribution in [2.45, 2.75) is 6.42 Å².